The van der Waals surface area contributed by atoms with Crippen molar-refractivity contribution in [3.63, 3.8) is 0 Å². The lowest BCUT2D eigenvalue weighted by atomic mass is 9.84. The fourth-order valence-corrected chi connectivity index (χ4v) is 1.84. The van der Waals surface area contributed by atoms with E-state index in [1.807, 2.05) is 13.8 Å². The zero-order valence-electron chi connectivity index (χ0n) is 10.0. The van der Waals surface area contributed by atoms with Gasteiger partial charge in [-0.3, -0.25) is 0 Å². The third kappa shape index (κ3) is 3.70. The molecule has 0 saturated carbocycles. The number of nitrogens with one attached hydrogen (secondary N) is 1. The molecule has 0 aromatic heterocycles. The van der Waals surface area contributed by atoms with Crippen LogP contribution in [0.2, 0.25) is 0 Å². The lowest BCUT2D eigenvalue weighted by molar-refractivity contribution is 0.168. The molecule has 0 bridgehead atoms. The molecular weight excluding hydrogens is 289 g/mol. The lowest BCUT2D eigenvalue weighted by Crippen LogP contribution is -2.37. The van der Waals surface area contributed by atoms with Gasteiger partial charge in [-0.2, -0.15) is 0 Å². The van der Waals surface area contributed by atoms with Crippen LogP contribution in [0.4, 0.5) is 9.18 Å². The van der Waals surface area contributed by atoms with Crippen molar-refractivity contribution in [2.75, 3.05) is 13.7 Å². The third-order valence-electron chi connectivity index (χ3n) is 2.52. The highest BCUT2D eigenvalue weighted by molar-refractivity contribution is 9.10. The summed E-state index contributed by atoms with van der Waals surface area (Å²) in [6.45, 7) is 4.01. The minimum Gasteiger partial charge on any atom is -0.453 e. The van der Waals surface area contributed by atoms with Crippen LogP contribution in [0.5, 0.6) is 0 Å². The van der Waals surface area contributed by atoms with Crippen molar-refractivity contribution >= 4 is 22.0 Å². The normalized spacial score (nSPS) is 11.1. The highest BCUT2D eigenvalue weighted by atomic mass is 79.9. The summed E-state index contributed by atoms with van der Waals surface area (Å²) in [5, 5.41) is 2.57. The second-order valence-corrected chi connectivity index (χ2v) is 5.27. The molecule has 0 aliphatic heterocycles. The number of carbonyl (C=O) groups is 1. The Kier molecular flexibility index (Phi) is 4.51. The van der Waals surface area contributed by atoms with Crippen molar-refractivity contribution in [2.45, 2.75) is 19.3 Å². The molecule has 17 heavy (non-hydrogen) atoms. The van der Waals surface area contributed by atoms with E-state index in [2.05, 4.69) is 26.0 Å². The average molecular weight is 304 g/mol. The van der Waals surface area contributed by atoms with Gasteiger partial charge in [-0.05, 0) is 23.8 Å². The van der Waals surface area contributed by atoms with Crippen molar-refractivity contribution in [1.82, 2.24) is 5.32 Å². The number of amides is 1. The molecule has 1 aromatic rings. The Bertz CT molecular complexity index is 421. The van der Waals surface area contributed by atoms with Crippen LogP contribution in [0, 0.1) is 5.82 Å². The van der Waals surface area contributed by atoms with Gasteiger partial charge in [-0.15, -0.1) is 0 Å². The summed E-state index contributed by atoms with van der Waals surface area (Å²) in [5.74, 6) is -0.287. The summed E-state index contributed by atoms with van der Waals surface area (Å²) in [6.07, 6.45) is -0.520. The van der Waals surface area contributed by atoms with Gasteiger partial charge in [-0.25, -0.2) is 9.18 Å². The number of hydrogen-bond donors (Lipinski definition) is 1. The second kappa shape index (κ2) is 5.49. The van der Waals surface area contributed by atoms with E-state index in [4.69, 9.17) is 0 Å². The van der Waals surface area contributed by atoms with Crippen LogP contribution in [0.3, 0.4) is 0 Å². The fourth-order valence-electron chi connectivity index (χ4n) is 1.48. The Labute approximate surface area is 108 Å². The molecule has 1 amide bonds. The Morgan fingerprint density at radius 3 is 2.76 bits per heavy atom. The molecule has 3 nitrogen and oxygen atoms in total. The quantitative estimate of drug-likeness (QED) is 0.931. The maximum absolute atomic E-state index is 13.7. The van der Waals surface area contributed by atoms with E-state index < -0.39 is 11.5 Å². The molecule has 0 aliphatic carbocycles. The lowest BCUT2D eigenvalue weighted by Gasteiger charge is -2.26. The molecular formula is C12H15BrFNO2. The van der Waals surface area contributed by atoms with Crippen molar-refractivity contribution < 1.29 is 13.9 Å². The first-order valence-corrected chi connectivity index (χ1v) is 5.93. The van der Waals surface area contributed by atoms with Crippen LogP contribution < -0.4 is 5.32 Å². The Hall–Kier alpha value is -1.10. The molecule has 0 fully saturated rings. The molecule has 0 saturated heterocycles. The summed E-state index contributed by atoms with van der Waals surface area (Å²) in [4.78, 5) is 11.0. The topological polar surface area (TPSA) is 38.3 Å². The predicted octanol–water partition coefficient (Wildman–Crippen LogP) is 3.22. The second-order valence-electron chi connectivity index (χ2n) is 4.35. The molecule has 0 heterocycles. The fraction of sp³-hybridized carbons (Fsp3) is 0.417. The standard InChI is InChI=1S/C12H15BrFNO2/c1-12(2,7-15-11(16)17-3)9-6-8(13)4-5-10(9)14/h4-6H,7H2,1-3H3,(H,15,16). The molecule has 0 unspecified atom stereocenters. The minimum atomic E-state index is -0.520. The number of alkyl carbamates (subject to hydrolysis) is 1. The van der Waals surface area contributed by atoms with Crippen molar-refractivity contribution in [1.29, 1.82) is 0 Å². The molecule has 5 heteroatoms. The van der Waals surface area contributed by atoms with Gasteiger partial charge in [-0.1, -0.05) is 29.8 Å². The maximum atomic E-state index is 13.7. The zero-order valence-corrected chi connectivity index (χ0v) is 11.6. The summed E-state index contributed by atoms with van der Waals surface area (Å²) < 4.78 is 19.0. The Morgan fingerprint density at radius 2 is 2.18 bits per heavy atom. The highest BCUT2D eigenvalue weighted by Crippen LogP contribution is 2.27. The molecule has 1 N–H and O–H groups in total. The molecule has 0 atom stereocenters. The first-order valence-electron chi connectivity index (χ1n) is 5.14. The summed E-state index contributed by atoms with van der Waals surface area (Å²) in [7, 11) is 1.29. The third-order valence-corrected chi connectivity index (χ3v) is 3.01. The molecule has 1 rings (SSSR count). The maximum Gasteiger partial charge on any atom is 0.406 e. The highest BCUT2D eigenvalue weighted by Gasteiger charge is 2.25. The van der Waals surface area contributed by atoms with E-state index in [1.165, 1.54) is 13.2 Å². The van der Waals surface area contributed by atoms with Crippen LogP contribution >= 0.6 is 15.9 Å². The van der Waals surface area contributed by atoms with Crippen molar-refractivity contribution in [3.05, 3.63) is 34.1 Å². The first kappa shape index (κ1) is 14.0. The van der Waals surface area contributed by atoms with Gasteiger partial charge in [0, 0.05) is 16.4 Å². The molecule has 0 spiro atoms. The number of methoxy groups -OCH3 is 1. The monoisotopic (exact) mass is 303 g/mol. The molecule has 94 valence electrons. The van der Waals surface area contributed by atoms with Gasteiger partial charge in [0.25, 0.3) is 0 Å². The van der Waals surface area contributed by atoms with Gasteiger partial charge in [0.2, 0.25) is 0 Å². The Balaban J connectivity index is 2.88. The van der Waals surface area contributed by atoms with Gasteiger partial charge in [0.1, 0.15) is 5.82 Å². The Morgan fingerprint density at radius 1 is 1.53 bits per heavy atom. The van der Waals surface area contributed by atoms with Crippen LogP contribution in [0.15, 0.2) is 22.7 Å². The number of benzene rings is 1. The number of rotatable bonds is 3. The summed E-state index contributed by atoms with van der Waals surface area (Å²) in [5.41, 5.74) is 0.0329. The van der Waals surface area contributed by atoms with Gasteiger partial charge < -0.3 is 10.1 Å². The van der Waals surface area contributed by atoms with Crippen molar-refractivity contribution in [2.24, 2.45) is 0 Å². The minimum absolute atomic E-state index is 0.287. The van der Waals surface area contributed by atoms with E-state index in [0.29, 0.717) is 12.1 Å². The van der Waals surface area contributed by atoms with Gasteiger partial charge in [0.15, 0.2) is 0 Å². The summed E-state index contributed by atoms with van der Waals surface area (Å²) >= 11 is 3.30. The summed E-state index contributed by atoms with van der Waals surface area (Å²) in [6, 6.07) is 4.76. The first-order chi connectivity index (χ1) is 7.86. The van der Waals surface area contributed by atoms with Crippen LogP contribution in [-0.2, 0) is 10.2 Å². The molecule has 1 aromatic carbocycles. The van der Waals surface area contributed by atoms with Gasteiger partial charge in [0.05, 0.1) is 7.11 Å². The van der Waals surface area contributed by atoms with Crippen molar-refractivity contribution in [3.8, 4) is 0 Å². The van der Waals surface area contributed by atoms with E-state index >= 15 is 0 Å². The van der Waals surface area contributed by atoms with E-state index in [9.17, 15) is 9.18 Å². The number of halogens is 2. The van der Waals surface area contributed by atoms with Crippen LogP contribution in [0.25, 0.3) is 0 Å². The SMILES string of the molecule is COC(=O)NCC(C)(C)c1cc(Br)ccc1F. The van der Waals surface area contributed by atoms with Crippen LogP contribution in [0.1, 0.15) is 19.4 Å². The predicted molar refractivity (Wildman–Crippen MR) is 67.5 cm³/mol. The van der Waals surface area contributed by atoms with E-state index in [1.54, 1.807) is 12.1 Å². The largest absolute Gasteiger partial charge is 0.453 e. The number of carbonyl (C=O) groups excluding carboxylic acids is 1. The van der Waals surface area contributed by atoms with Gasteiger partial charge >= 0.3 is 6.09 Å². The average Bonchev–Trinajstić information content (AvgIpc) is 2.29. The smallest absolute Gasteiger partial charge is 0.406 e. The molecule has 0 aliphatic rings. The molecule has 0 radical (unpaired) electrons. The van der Waals surface area contributed by atoms with E-state index in [-0.39, 0.29) is 5.82 Å². The zero-order chi connectivity index (χ0) is 13.1. The number of ether oxygens (including phenoxy) is 1. The van der Waals surface area contributed by atoms with Crippen LogP contribution in [-0.4, -0.2) is 19.7 Å². The van der Waals surface area contributed by atoms with E-state index in [0.717, 1.165) is 4.47 Å². The number of hydrogen-bond acceptors (Lipinski definition) is 2.